The molecular formula is C19H20ClNO4. The Hall–Kier alpha value is -2.11. The van der Waals surface area contributed by atoms with E-state index >= 15 is 0 Å². The molecule has 1 aromatic heterocycles. The van der Waals surface area contributed by atoms with Gasteiger partial charge in [0.15, 0.2) is 5.78 Å². The molecule has 1 N–H and O–H groups in total. The summed E-state index contributed by atoms with van der Waals surface area (Å²) < 4.78 is 10.0. The van der Waals surface area contributed by atoms with E-state index in [9.17, 15) is 9.59 Å². The molecule has 0 bridgehead atoms. The first-order valence-electron chi connectivity index (χ1n) is 8.18. The molecule has 0 spiro atoms. The lowest BCUT2D eigenvalue weighted by molar-refractivity contribution is 0.0381. The normalized spacial score (nSPS) is 16.6. The van der Waals surface area contributed by atoms with E-state index in [2.05, 4.69) is 4.98 Å². The number of carbonyl (C=O) groups excluding carboxylic acids is 2. The van der Waals surface area contributed by atoms with E-state index in [1.807, 2.05) is 24.3 Å². The van der Waals surface area contributed by atoms with Crippen molar-refractivity contribution in [3.63, 3.8) is 0 Å². The van der Waals surface area contributed by atoms with Gasteiger partial charge in [0, 0.05) is 29.8 Å². The molecule has 1 aromatic carbocycles. The van der Waals surface area contributed by atoms with Crippen LogP contribution in [0, 0.1) is 6.92 Å². The van der Waals surface area contributed by atoms with Gasteiger partial charge < -0.3 is 14.5 Å². The Morgan fingerprint density at radius 3 is 2.76 bits per heavy atom. The second-order valence-corrected chi connectivity index (χ2v) is 6.56. The van der Waals surface area contributed by atoms with Gasteiger partial charge in [-0.1, -0.05) is 29.8 Å². The number of benzene rings is 1. The Bertz CT molecular complexity index is 812. The van der Waals surface area contributed by atoms with E-state index in [1.165, 1.54) is 0 Å². The van der Waals surface area contributed by atoms with E-state index in [1.54, 1.807) is 14.0 Å². The van der Waals surface area contributed by atoms with Crippen LogP contribution in [0.4, 0.5) is 0 Å². The summed E-state index contributed by atoms with van der Waals surface area (Å²) in [6.07, 6.45) is 1.02. The van der Waals surface area contributed by atoms with Crippen molar-refractivity contribution in [1.29, 1.82) is 0 Å². The first-order chi connectivity index (χ1) is 12.0. The Balaban J connectivity index is 1.87. The van der Waals surface area contributed by atoms with Gasteiger partial charge in [0.05, 0.1) is 6.61 Å². The lowest BCUT2D eigenvalue weighted by atomic mass is 9.81. The molecule has 2 aromatic rings. The molecule has 3 rings (SSSR count). The van der Waals surface area contributed by atoms with Gasteiger partial charge in [-0.15, -0.1) is 0 Å². The number of H-pyrrole nitrogens is 1. The fourth-order valence-corrected chi connectivity index (χ4v) is 3.64. The number of hydrogen-bond donors (Lipinski definition) is 1. The van der Waals surface area contributed by atoms with Crippen molar-refractivity contribution in [2.75, 3.05) is 20.3 Å². The molecule has 25 heavy (non-hydrogen) atoms. The molecular weight excluding hydrogens is 342 g/mol. The Labute approximate surface area is 151 Å². The highest BCUT2D eigenvalue weighted by Gasteiger charge is 2.32. The van der Waals surface area contributed by atoms with E-state index < -0.39 is 5.97 Å². The van der Waals surface area contributed by atoms with Crippen LogP contribution < -0.4 is 0 Å². The van der Waals surface area contributed by atoms with Crippen molar-refractivity contribution in [2.45, 2.75) is 25.7 Å². The maximum atomic E-state index is 12.7. The summed E-state index contributed by atoms with van der Waals surface area (Å²) in [6, 6.07) is 7.56. The molecule has 0 saturated heterocycles. The maximum Gasteiger partial charge on any atom is 0.355 e. The predicted octanol–water partition coefficient (Wildman–Crippen LogP) is 3.69. The Morgan fingerprint density at radius 1 is 1.28 bits per heavy atom. The average Bonchev–Trinajstić information content (AvgIpc) is 2.92. The number of hydrogen-bond acceptors (Lipinski definition) is 4. The quantitative estimate of drug-likeness (QED) is 0.651. The molecule has 0 radical (unpaired) electrons. The van der Waals surface area contributed by atoms with Crippen LogP contribution in [0.2, 0.25) is 5.02 Å². The summed E-state index contributed by atoms with van der Waals surface area (Å²) in [5.74, 6) is -0.439. The van der Waals surface area contributed by atoms with Crippen molar-refractivity contribution >= 4 is 23.4 Å². The Kier molecular flexibility index (Phi) is 5.25. The molecule has 5 nitrogen and oxygen atoms in total. The van der Waals surface area contributed by atoms with Crippen molar-refractivity contribution < 1.29 is 19.1 Å². The minimum atomic E-state index is -0.467. The third kappa shape index (κ3) is 3.48. The summed E-state index contributed by atoms with van der Waals surface area (Å²) in [7, 11) is 1.54. The van der Waals surface area contributed by atoms with Crippen LogP contribution in [0.1, 0.15) is 50.0 Å². The van der Waals surface area contributed by atoms with Crippen LogP contribution >= 0.6 is 11.6 Å². The number of fused-ring (bicyclic) bond motifs is 1. The zero-order chi connectivity index (χ0) is 18.0. The number of carbonyl (C=O) groups is 2. The monoisotopic (exact) mass is 361 g/mol. The largest absolute Gasteiger partial charge is 0.459 e. The highest BCUT2D eigenvalue weighted by molar-refractivity contribution is 6.31. The third-order valence-electron chi connectivity index (χ3n) is 4.56. The second kappa shape index (κ2) is 7.42. The lowest BCUT2D eigenvalue weighted by Gasteiger charge is -2.22. The standard InChI is InChI=1S/C19H20ClNO4/c1-11-17-15(21-18(11)19(23)25-8-7-24-2)9-12(10-16(17)22)13-5-3-4-6-14(13)20/h3-6,12,21H,7-10H2,1-2H3/t12-/m1/s1. The molecule has 132 valence electrons. The van der Waals surface area contributed by atoms with Crippen LogP contribution in [0.5, 0.6) is 0 Å². The molecule has 1 heterocycles. The number of ketones is 1. The van der Waals surface area contributed by atoms with Gasteiger partial charge in [0.25, 0.3) is 0 Å². The van der Waals surface area contributed by atoms with E-state index in [4.69, 9.17) is 21.1 Å². The van der Waals surface area contributed by atoms with Gasteiger partial charge in [0.1, 0.15) is 12.3 Å². The molecule has 0 saturated carbocycles. The van der Waals surface area contributed by atoms with Gasteiger partial charge >= 0.3 is 5.97 Å². The fourth-order valence-electron chi connectivity index (χ4n) is 3.35. The molecule has 1 atom stereocenters. The number of Topliss-reactive ketones (excluding diaryl/α,β-unsaturated/α-hetero) is 1. The van der Waals surface area contributed by atoms with Gasteiger partial charge in [0.2, 0.25) is 0 Å². The highest BCUT2D eigenvalue weighted by Crippen LogP contribution is 2.37. The lowest BCUT2D eigenvalue weighted by Crippen LogP contribution is -2.18. The van der Waals surface area contributed by atoms with Crippen LogP contribution in [-0.2, 0) is 15.9 Å². The van der Waals surface area contributed by atoms with E-state index in [0.717, 1.165) is 11.3 Å². The highest BCUT2D eigenvalue weighted by atomic mass is 35.5. The molecule has 1 aliphatic rings. The summed E-state index contributed by atoms with van der Waals surface area (Å²) in [4.78, 5) is 28.0. The topological polar surface area (TPSA) is 68.4 Å². The Morgan fingerprint density at radius 2 is 2.04 bits per heavy atom. The number of aromatic amines is 1. The molecule has 0 fully saturated rings. The van der Waals surface area contributed by atoms with Gasteiger partial charge in [-0.05, 0) is 36.5 Å². The van der Waals surface area contributed by atoms with E-state index in [0.29, 0.717) is 41.3 Å². The number of nitrogens with one attached hydrogen (secondary N) is 1. The minimum absolute atomic E-state index is 0.00381. The molecule has 0 unspecified atom stereocenters. The van der Waals surface area contributed by atoms with Crippen molar-refractivity contribution in [3.8, 4) is 0 Å². The van der Waals surface area contributed by atoms with Gasteiger partial charge in [-0.2, -0.15) is 0 Å². The van der Waals surface area contributed by atoms with Crippen LogP contribution in [-0.4, -0.2) is 37.1 Å². The van der Waals surface area contributed by atoms with Crippen LogP contribution in [0.25, 0.3) is 0 Å². The zero-order valence-corrected chi connectivity index (χ0v) is 15.0. The number of esters is 1. The zero-order valence-electron chi connectivity index (χ0n) is 14.2. The van der Waals surface area contributed by atoms with Crippen molar-refractivity contribution in [2.24, 2.45) is 0 Å². The summed E-state index contributed by atoms with van der Waals surface area (Å²) >= 11 is 6.28. The SMILES string of the molecule is COCCOC(=O)c1[nH]c2c(c1C)C(=O)C[C@H](c1ccccc1Cl)C2. The maximum absolute atomic E-state index is 12.7. The number of aromatic nitrogens is 1. The summed E-state index contributed by atoms with van der Waals surface area (Å²) in [6.45, 7) is 2.28. The summed E-state index contributed by atoms with van der Waals surface area (Å²) in [5, 5.41) is 0.659. The summed E-state index contributed by atoms with van der Waals surface area (Å²) in [5.41, 5.74) is 3.34. The predicted molar refractivity (Wildman–Crippen MR) is 94.5 cm³/mol. The second-order valence-electron chi connectivity index (χ2n) is 6.16. The van der Waals surface area contributed by atoms with E-state index in [-0.39, 0.29) is 18.3 Å². The molecule has 0 aliphatic heterocycles. The number of ether oxygens (including phenoxy) is 2. The van der Waals surface area contributed by atoms with Gasteiger partial charge in [-0.25, -0.2) is 4.79 Å². The van der Waals surface area contributed by atoms with Crippen molar-refractivity contribution in [1.82, 2.24) is 4.98 Å². The first kappa shape index (κ1) is 17.7. The van der Waals surface area contributed by atoms with Crippen molar-refractivity contribution in [3.05, 3.63) is 57.4 Å². The molecule has 1 aliphatic carbocycles. The third-order valence-corrected chi connectivity index (χ3v) is 4.90. The minimum Gasteiger partial charge on any atom is -0.459 e. The molecule has 0 amide bonds. The average molecular weight is 362 g/mol. The number of halogens is 1. The van der Waals surface area contributed by atoms with Crippen LogP contribution in [0.3, 0.4) is 0 Å². The number of rotatable bonds is 5. The fraction of sp³-hybridized carbons (Fsp3) is 0.368. The first-order valence-corrected chi connectivity index (χ1v) is 8.55. The number of methoxy groups -OCH3 is 1. The smallest absolute Gasteiger partial charge is 0.355 e. The van der Waals surface area contributed by atoms with Crippen LogP contribution in [0.15, 0.2) is 24.3 Å². The molecule has 6 heteroatoms. The van der Waals surface area contributed by atoms with Gasteiger partial charge in [-0.3, -0.25) is 4.79 Å².